The van der Waals surface area contributed by atoms with Crippen molar-refractivity contribution in [2.24, 2.45) is 0 Å². The fourth-order valence-electron chi connectivity index (χ4n) is 3.70. The number of anilines is 2. The van der Waals surface area contributed by atoms with Crippen molar-refractivity contribution in [2.45, 2.75) is 6.42 Å². The van der Waals surface area contributed by atoms with Gasteiger partial charge in [-0.1, -0.05) is 23.2 Å². The lowest BCUT2D eigenvalue weighted by atomic mass is 10.1. The first kappa shape index (κ1) is 27.6. The molecule has 0 aliphatic rings. The van der Waals surface area contributed by atoms with Crippen LogP contribution in [0, 0.1) is 11.3 Å². The van der Waals surface area contributed by atoms with Crippen molar-refractivity contribution in [3.05, 3.63) is 46.1 Å². The molecule has 0 aliphatic heterocycles. The molecule has 3 aromatic rings. The molecule has 0 fully saturated rings. The largest absolute Gasteiger partial charge is 0.495 e. The molecule has 0 radical (unpaired) electrons. The maximum atomic E-state index is 9.72. The van der Waals surface area contributed by atoms with Gasteiger partial charge in [-0.3, -0.25) is 9.88 Å². The number of aliphatic hydroxyl groups excluding tert-OH is 2. The molecule has 36 heavy (non-hydrogen) atoms. The second-order valence-corrected chi connectivity index (χ2v) is 8.58. The molecule has 0 spiro atoms. The van der Waals surface area contributed by atoms with Gasteiger partial charge in [-0.05, 0) is 18.6 Å². The van der Waals surface area contributed by atoms with Crippen LogP contribution in [-0.4, -0.2) is 73.8 Å². The van der Waals surface area contributed by atoms with Crippen molar-refractivity contribution < 1.29 is 24.4 Å². The lowest BCUT2D eigenvalue weighted by Crippen LogP contribution is -2.31. The summed E-state index contributed by atoms with van der Waals surface area (Å²) in [5.74, 6) is 1.42. The van der Waals surface area contributed by atoms with Gasteiger partial charge in [0, 0.05) is 43.4 Å². The Morgan fingerprint density at radius 2 is 1.69 bits per heavy atom. The van der Waals surface area contributed by atoms with Crippen LogP contribution in [-0.2, 0) is 0 Å². The second kappa shape index (κ2) is 13.3. The molecule has 1 heterocycles. The first-order valence-electron chi connectivity index (χ1n) is 11.2. The Hall–Kier alpha value is -3.00. The smallest absolute Gasteiger partial charge is 0.163 e. The minimum atomic E-state index is 0.0279. The number of fused-ring (bicyclic) bond motifs is 1. The molecule has 3 rings (SSSR count). The molecule has 2 aromatic carbocycles. The highest BCUT2D eigenvalue weighted by Gasteiger charge is 2.17. The third kappa shape index (κ3) is 6.60. The van der Waals surface area contributed by atoms with Gasteiger partial charge in [-0.15, -0.1) is 0 Å². The van der Waals surface area contributed by atoms with Crippen molar-refractivity contribution in [3.8, 4) is 23.3 Å². The van der Waals surface area contributed by atoms with Gasteiger partial charge in [0.2, 0.25) is 0 Å². The summed E-state index contributed by atoms with van der Waals surface area (Å²) in [5.41, 5.74) is 1.92. The van der Waals surface area contributed by atoms with E-state index >= 15 is 0 Å². The number of methoxy groups -OCH3 is 2. The lowest BCUT2D eigenvalue weighted by Gasteiger charge is -2.20. The molecular formula is C25H28Cl2N4O5. The van der Waals surface area contributed by atoms with Crippen LogP contribution in [0.4, 0.5) is 11.4 Å². The van der Waals surface area contributed by atoms with Crippen LogP contribution < -0.4 is 19.5 Å². The maximum Gasteiger partial charge on any atom is 0.163 e. The molecule has 0 saturated heterocycles. The number of halogens is 2. The molecule has 1 aromatic heterocycles. The Morgan fingerprint density at radius 3 is 2.33 bits per heavy atom. The highest BCUT2D eigenvalue weighted by molar-refractivity contribution is 6.37. The van der Waals surface area contributed by atoms with Crippen molar-refractivity contribution in [3.63, 3.8) is 0 Å². The topological polar surface area (TPSA) is 120 Å². The van der Waals surface area contributed by atoms with E-state index in [1.54, 1.807) is 24.3 Å². The van der Waals surface area contributed by atoms with Crippen LogP contribution in [0.3, 0.4) is 0 Å². The van der Waals surface area contributed by atoms with Gasteiger partial charge in [-0.25, -0.2) is 0 Å². The molecule has 0 saturated carbocycles. The monoisotopic (exact) mass is 534 g/mol. The maximum absolute atomic E-state index is 9.72. The predicted molar refractivity (Wildman–Crippen MR) is 140 cm³/mol. The molecule has 9 nitrogen and oxygen atoms in total. The summed E-state index contributed by atoms with van der Waals surface area (Å²) in [6.45, 7) is 2.10. The SMILES string of the molecule is COc1cc(Nc2c(C#N)cnc3cc(OCCCN(CCO)CCO)c(OC)cc23)c(Cl)cc1Cl. The zero-order chi connectivity index (χ0) is 26.1. The summed E-state index contributed by atoms with van der Waals surface area (Å²) in [4.78, 5) is 6.38. The van der Waals surface area contributed by atoms with Gasteiger partial charge >= 0.3 is 0 Å². The number of pyridine rings is 1. The number of aliphatic hydroxyl groups is 2. The zero-order valence-electron chi connectivity index (χ0n) is 20.1. The molecule has 0 unspecified atom stereocenters. The van der Waals surface area contributed by atoms with Crippen LogP contribution in [0.15, 0.2) is 30.5 Å². The number of nitrogens with one attached hydrogen (secondary N) is 1. The third-order valence-electron chi connectivity index (χ3n) is 5.48. The van der Waals surface area contributed by atoms with Gasteiger partial charge in [-0.2, -0.15) is 5.26 Å². The van der Waals surface area contributed by atoms with E-state index in [4.69, 9.17) is 47.6 Å². The number of ether oxygens (including phenoxy) is 3. The standard InChI is InChI=1S/C25H28Cl2N4O5/c1-34-22-13-21(18(26)11-19(22)27)30-25-16(14-28)15-29-20-12-24(23(35-2)10-17(20)25)36-9-3-4-31(5-7-32)6-8-33/h10-13,15,32-33H,3-9H2,1-2H3,(H,29,30). The van der Waals surface area contributed by atoms with E-state index in [0.717, 1.165) is 0 Å². The van der Waals surface area contributed by atoms with Crippen molar-refractivity contribution in [2.75, 3.05) is 59.0 Å². The van der Waals surface area contributed by atoms with E-state index in [2.05, 4.69) is 16.4 Å². The van der Waals surface area contributed by atoms with Crippen LogP contribution in [0.2, 0.25) is 10.0 Å². The molecule has 0 bridgehead atoms. The van der Waals surface area contributed by atoms with Gasteiger partial charge in [0.15, 0.2) is 11.5 Å². The number of aromatic nitrogens is 1. The Kier molecular flexibility index (Phi) is 10.2. The van der Waals surface area contributed by atoms with E-state index in [-0.39, 0.29) is 13.2 Å². The molecule has 0 amide bonds. The number of nitrogens with zero attached hydrogens (tertiary/aromatic N) is 3. The van der Waals surface area contributed by atoms with Crippen LogP contribution >= 0.6 is 23.2 Å². The minimum Gasteiger partial charge on any atom is -0.495 e. The lowest BCUT2D eigenvalue weighted by molar-refractivity contribution is 0.152. The summed E-state index contributed by atoms with van der Waals surface area (Å²) >= 11 is 12.6. The highest BCUT2D eigenvalue weighted by atomic mass is 35.5. The van der Waals surface area contributed by atoms with E-state index < -0.39 is 0 Å². The Labute approximate surface area is 219 Å². The minimum absolute atomic E-state index is 0.0279. The summed E-state index contributed by atoms with van der Waals surface area (Å²) in [5, 5.41) is 32.6. The van der Waals surface area contributed by atoms with Crippen molar-refractivity contribution in [1.82, 2.24) is 9.88 Å². The molecule has 3 N–H and O–H groups in total. The van der Waals surface area contributed by atoms with Crippen LogP contribution in [0.25, 0.3) is 10.9 Å². The first-order valence-corrected chi connectivity index (χ1v) is 12.0. The third-order valence-corrected chi connectivity index (χ3v) is 6.09. The molecule has 0 aliphatic carbocycles. The fraction of sp³-hybridized carbons (Fsp3) is 0.360. The average molecular weight is 535 g/mol. The van der Waals surface area contributed by atoms with E-state index in [9.17, 15) is 5.26 Å². The molecular weight excluding hydrogens is 507 g/mol. The van der Waals surface area contributed by atoms with Crippen LogP contribution in [0.1, 0.15) is 12.0 Å². The number of nitriles is 1. The predicted octanol–water partition coefficient (Wildman–Crippen LogP) is 4.23. The molecule has 11 heteroatoms. The number of rotatable bonds is 13. The van der Waals surface area contributed by atoms with Crippen molar-refractivity contribution in [1.29, 1.82) is 5.26 Å². The second-order valence-electron chi connectivity index (χ2n) is 7.76. The zero-order valence-corrected chi connectivity index (χ0v) is 21.6. The summed E-state index contributed by atoms with van der Waals surface area (Å²) in [6, 6.07) is 8.88. The molecule has 192 valence electrons. The summed E-state index contributed by atoms with van der Waals surface area (Å²) in [6.07, 6.45) is 2.16. The number of hydrogen-bond acceptors (Lipinski definition) is 9. The highest BCUT2D eigenvalue weighted by Crippen LogP contribution is 2.40. The number of benzene rings is 2. The Bertz CT molecular complexity index is 1230. The number of hydrogen-bond donors (Lipinski definition) is 3. The van der Waals surface area contributed by atoms with Crippen LogP contribution in [0.5, 0.6) is 17.2 Å². The van der Waals surface area contributed by atoms with Gasteiger partial charge < -0.3 is 29.7 Å². The van der Waals surface area contributed by atoms with E-state index in [0.29, 0.717) is 87.8 Å². The van der Waals surface area contributed by atoms with Crippen molar-refractivity contribution >= 4 is 45.5 Å². The summed E-state index contributed by atoms with van der Waals surface area (Å²) < 4.78 is 16.8. The van der Waals surface area contributed by atoms with E-state index in [1.165, 1.54) is 20.4 Å². The average Bonchev–Trinajstić information content (AvgIpc) is 2.87. The molecule has 0 atom stereocenters. The van der Waals surface area contributed by atoms with E-state index in [1.807, 2.05) is 4.90 Å². The quantitative estimate of drug-likeness (QED) is 0.276. The fourth-order valence-corrected chi connectivity index (χ4v) is 4.20. The normalized spacial score (nSPS) is 10.9. The summed E-state index contributed by atoms with van der Waals surface area (Å²) in [7, 11) is 3.04. The Balaban J connectivity index is 1.89. The first-order chi connectivity index (χ1) is 17.4. The Morgan fingerprint density at radius 1 is 0.972 bits per heavy atom. The van der Waals surface area contributed by atoms with Gasteiger partial charge in [0.25, 0.3) is 0 Å². The van der Waals surface area contributed by atoms with Gasteiger partial charge in [0.05, 0.1) is 66.5 Å². The van der Waals surface area contributed by atoms with Gasteiger partial charge in [0.1, 0.15) is 11.8 Å².